The highest BCUT2D eigenvalue weighted by atomic mass is 19.3. The van der Waals surface area contributed by atoms with Gasteiger partial charge in [-0.15, -0.1) is 0 Å². The number of fused-ring (bicyclic) bond motifs is 1. The van der Waals surface area contributed by atoms with E-state index in [9.17, 15) is 8.78 Å². The average molecular weight is 292 g/mol. The Kier molecular flexibility index (Phi) is 3.49. The van der Waals surface area contributed by atoms with E-state index in [1.54, 1.807) is 4.90 Å². The molecule has 6 heteroatoms. The summed E-state index contributed by atoms with van der Waals surface area (Å²) in [6, 6.07) is 3.96. The molecule has 1 aromatic heterocycles. The molecule has 21 heavy (non-hydrogen) atoms. The number of benzene rings is 1. The minimum atomic E-state index is -2.76. The lowest BCUT2D eigenvalue weighted by Crippen LogP contribution is -2.38. The van der Waals surface area contributed by atoms with Gasteiger partial charge in [0.25, 0.3) is 5.92 Å². The number of rotatable bonds is 1. The zero-order valence-corrected chi connectivity index (χ0v) is 12.2. The summed E-state index contributed by atoms with van der Waals surface area (Å²) in [5.41, 5.74) is 3.04. The highest BCUT2D eigenvalue weighted by Gasteiger charge is 2.34. The van der Waals surface area contributed by atoms with Gasteiger partial charge in [0.05, 0.1) is 18.6 Å². The van der Waals surface area contributed by atoms with Crippen LogP contribution >= 0.6 is 0 Å². The van der Waals surface area contributed by atoms with Gasteiger partial charge in [-0.05, 0) is 37.1 Å². The van der Waals surface area contributed by atoms with Crippen molar-refractivity contribution < 1.29 is 8.78 Å². The van der Waals surface area contributed by atoms with Gasteiger partial charge in [-0.25, -0.2) is 18.7 Å². The summed E-state index contributed by atoms with van der Waals surface area (Å²) < 4.78 is 27.6. The minimum absolute atomic E-state index is 0.287. The quantitative estimate of drug-likeness (QED) is 0.875. The normalized spacial score (nSPS) is 18.8. The summed E-state index contributed by atoms with van der Waals surface area (Å²) in [6.45, 7) is 4.44. The number of halogens is 2. The summed E-state index contributed by atoms with van der Waals surface area (Å²) >= 11 is 0. The first-order chi connectivity index (χ1) is 9.96. The van der Waals surface area contributed by atoms with Crippen molar-refractivity contribution in [2.75, 3.05) is 31.1 Å². The molecule has 1 fully saturated rings. The number of aromatic nitrogens is 2. The molecule has 2 aromatic rings. The molecule has 1 aromatic carbocycles. The zero-order chi connectivity index (χ0) is 15.0. The summed E-state index contributed by atoms with van der Waals surface area (Å²) in [6.07, 6.45) is 1.45. The molecule has 0 atom stereocenters. The number of nitrogens with zero attached hydrogens (tertiary/aromatic N) is 3. The van der Waals surface area contributed by atoms with Crippen LogP contribution in [0.15, 0.2) is 18.5 Å². The smallest absolute Gasteiger partial charge is 0.277 e. The number of aryl methyl sites for hydroxylation is 2. The molecule has 0 aliphatic carbocycles. The molecule has 0 spiro atoms. The topological polar surface area (TPSA) is 41.1 Å². The fourth-order valence-corrected chi connectivity index (χ4v) is 2.63. The first-order valence-electron chi connectivity index (χ1n) is 7.02. The summed E-state index contributed by atoms with van der Waals surface area (Å²) in [5.74, 6) is -2.17. The molecule has 112 valence electrons. The van der Waals surface area contributed by atoms with Crippen LogP contribution in [-0.2, 0) is 0 Å². The maximum Gasteiger partial charge on any atom is 0.277 e. The van der Waals surface area contributed by atoms with Crippen LogP contribution in [0.25, 0.3) is 10.9 Å². The van der Waals surface area contributed by atoms with Crippen molar-refractivity contribution in [2.45, 2.75) is 19.8 Å². The SMILES string of the molecule is Cc1cc2ncnc(N3CCNCC(F)(F)C3)c2cc1C. The van der Waals surface area contributed by atoms with Crippen LogP contribution in [0, 0.1) is 13.8 Å². The molecular weight excluding hydrogens is 274 g/mol. The third-order valence-corrected chi connectivity index (χ3v) is 3.89. The van der Waals surface area contributed by atoms with Crippen LogP contribution in [-0.4, -0.2) is 42.1 Å². The molecule has 0 radical (unpaired) electrons. The lowest BCUT2D eigenvalue weighted by Gasteiger charge is -2.25. The zero-order valence-electron chi connectivity index (χ0n) is 12.2. The number of alkyl halides is 2. The molecule has 4 nitrogen and oxygen atoms in total. The predicted molar refractivity (Wildman–Crippen MR) is 79.0 cm³/mol. The Hall–Kier alpha value is -1.82. The molecule has 1 N–H and O–H groups in total. The van der Waals surface area contributed by atoms with Crippen LogP contribution in [0.4, 0.5) is 14.6 Å². The van der Waals surface area contributed by atoms with E-state index < -0.39 is 5.92 Å². The fourth-order valence-electron chi connectivity index (χ4n) is 2.63. The maximum atomic E-state index is 13.8. The lowest BCUT2D eigenvalue weighted by atomic mass is 10.1. The Morgan fingerprint density at radius 1 is 1.19 bits per heavy atom. The molecule has 2 heterocycles. The van der Waals surface area contributed by atoms with E-state index in [0.29, 0.717) is 18.9 Å². The van der Waals surface area contributed by atoms with E-state index in [4.69, 9.17) is 0 Å². The average Bonchev–Trinajstić information content (AvgIpc) is 2.60. The van der Waals surface area contributed by atoms with Crippen molar-refractivity contribution >= 4 is 16.7 Å². The summed E-state index contributed by atoms with van der Waals surface area (Å²) in [4.78, 5) is 10.2. The van der Waals surface area contributed by atoms with Gasteiger partial charge in [0, 0.05) is 18.5 Å². The highest BCUT2D eigenvalue weighted by Crippen LogP contribution is 2.28. The Morgan fingerprint density at radius 2 is 1.95 bits per heavy atom. The third kappa shape index (κ3) is 2.81. The lowest BCUT2D eigenvalue weighted by molar-refractivity contribution is 0.0156. The standard InChI is InChI=1S/C15H18F2N4/c1-10-5-12-13(6-11(10)2)19-9-20-14(12)21-4-3-18-7-15(16,17)8-21/h5-6,9,18H,3-4,7-8H2,1-2H3. The first-order valence-corrected chi connectivity index (χ1v) is 7.02. The second-order valence-electron chi connectivity index (χ2n) is 5.61. The van der Waals surface area contributed by atoms with Gasteiger partial charge in [0.2, 0.25) is 0 Å². The monoisotopic (exact) mass is 292 g/mol. The van der Waals surface area contributed by atoms with Crippen LogP contribution in [0.3, 0.4) is 0 Å². The van der Waals surface area contributed by atoms with Crippen LogP contribution < -0.4 is 10.2 Å². The van der Waals surface area contributed by atoms with Gasteiger partial charge in [-0.3, -0.25) is 0 Å². The first kappa shape index (κ1) is 14.1. The van der Waals surface area contributed by atoms with Gasteiger partial charge in [0.1, 0.15) is 12.1 Å². The molecule has 0 unspecified atom stereocenters. The summed E-state index contributed by atoms with van der Waals surface area (Å²) in [7, 11) is 0. The van der Waals surface area contributed by atoms with E-state index in [2.05, 4.69) is 15.3 Å². The van der Waals surface area contributed by atoms with Crippen molar-refractivity contribution in [1.82, 2.24) is 15.3 Å². The second-order valence-corrected chi connectivity index (χ2v) is 5.61. The molecule has 1 aliphatic rings. The fraction of sp³-hybridized carbons (Fsp3) is 0.467. The van der Waals surface area contributed by atoms with Crippen molar-refractivity contribution in [3.05, 3.63) is 29.6 Å². The Morgan fingerprint density at radius 3 is 2.76 bits per heavy atom. The number of hydrogen-bond donors (Lipinski definition) is 1. The third-order valence-electron chi connectivity index (χ3n) is 3.89. The van der Waals surface area contributed by atoms with E-state index in [1.165, 1.54) is 6.33 Å². The molecule has 0 amide bonds. The van der Waals surface area contributed by atoms with Crippen LogP contribution in [0.5, 0.6) is 0 Å². The van der Waals surface area contributed by atoms with Gasteiger partial charge >= 0.3 is 0 Å². The van der Waals surface area contributed by atoms with Gasteiger partial charge in [0.15, 0.2) is 0 Å². The van der Waals surface area contributed by atoms with Crippen molar-refractivity contribution in [1.29, 1.82) is 0 Å². The van der Waals surface area contributed by atoms with E-state index in [1.807, 2.05) is 26.0 Å². The molecular formula is C15H18F2N4. The van der Waals surface area contributed by atoms with E-state index in [-0.39, 0.29) is 13.1 Å². The Balaban J connectivity index is 2.09. The second kappa shape index (κ2) is 5.18. The van der Waals surface area contributed by atoms with E-state index >= 15 is 0 Å². The highest BCUT2D eigenvalue weighted by molar-refractivity contribution is 5.90. The largest absolute Gasteiger partial charge is 0.349 e. The molecule has 1 saturated heterocycles. The Bertz CT molecular complexity index is 672. The number of hydrogen-bond acceptors (Lipinski definition) is 4. The molecule has 3 rings (SSSR count). The number of anilines is 1. The van der Waals surface area contributed by atoms with Crippen molar-refractivity contribution in [3.8, 4) is 0 Å². The molecule has 0 saturated carbocycles. The molecule has 0 bridgehead atoms. The van der Waals surface area contributed by atoms with Crippen molar-refractivity contribution in [2.24, 2.45) is 0 Å². The Labute approximate surface area is 122 Å². The van der Waals surface area contributed by atoms with Crippen LogP contribution in [0.1, 0.15) is 11.1 Å². The van der Waals surface area contributed by atoms with Crippen molar-refractivity contribution in [3.63, 3.8) is 0 Å². The van der Waals surface area contributed by atoms with Gasteiger partial charge in [-0.1, -0.05) is 0 Å². The van der Waals surface area contributed by atoms with E-state index in [0.717, 1.165) is 22.0 Å². The van der Waals surface area contributed by atoms with Crippen LogP contribution in [0.2, 0.25) is 0 Å². The van der Waals surface area contributed by atoms with Gasteiger partial charge < -0.3 is 10.2 Å². The predicted octanol–water partition coefficient (Wildman–Crippen LogP) is 2.29. The molecule has 1 aliphatic heterocycles. The minimum Gasteiger partial charge on any atom is -0.349 e. The maximum absolute atomic E-state index is 13.8. The number of nitrogens with one attached hydrogen (secondary N) is 1. The summed E-state index contributed by atoms with van der Waals surface area (Å²) in [5, 5.41) is 3.60. The van der Waals surface area contributed by atoms with Gasteiger partial charge in [-0.2, -0.15) is 0 Å².